The van der Waals surface area contributed by atoms with Gasteiger partial charge >= 0.3 is 0 Å². The van der Waals surface area contributed by atoms with Gasteiger partial charge in [0.2, 0.25) is 11.0 Å². The third-order valence-corrected chi connectivity index (χ3v) is 4.75. The smallest absolute Gasteiger partial charge is 0.231 e. The van der Waals surface area contributed by atoms with E-state index in [4.69, 9.17) is 0 Å². The number of fused-ring (bicyclic) bond motifs is 1. The quantitative estimate of drug-likeness (QED) is 0.788. The molecule has 3 heterocycles. The Morgan fingerprint density at radius 1 is 1.29 bits per heavy atom. The van der Waals surface area contributed by atoms with E-state index in [0.717, 1.165) is 36.2 Å². The standard InChI is InChI=1S/C16H16N6OS/c23-15(20-16-21-18-10-24-16)11-4-3-7-22(9-11)14-8-17-12-5-1-2-6-13(12)19-14/h1-2,5-6,8,10-11H,3-4,7,9H2,(H,20,21,23)/t11-/m1/s1. The Bertz CT molecular complexity index is 853. The predicted octanol–water partition coefficient (Wildman–Crippen LogP) is 2.34. The molecule has 3 aromatic rings. The lowest BCUT2D eigenvalue weighted by molar-refractivity contribution is -0.120. The molecule has 1 fully saturated rings. The summed E-state index contributed by atoms with van der Waals surface area (Å²) in [6.07, 6.45) is 3.60. The first-order chi connectivity index (χ1) is 11.8. The van der Waals surface area contributed by atoms with Gasteiger partial charge in [0.15, 0.2) is 0 Å². The highest BCUT2D eigenvalue weighted by Crippen LogP contribution is 2.24. The van der Waals surface area contributed by atoms with E-state index in [1.54, 1.807) is 11.7 Å². The summed E-state index contributed by atoms with van der Waals surface area (Å²) in [6.45, 7) is 1.52. The number of nitrogens with zero attached hydrogens (tertiary/aromatic N) is 5. The molecule has 1 aromatic carbocycles. The number of hydrogen-bond acceptors (Lipinski definition) is 7. The fourth-order valence-corrected chi connectivity index (χ4v) is 3.38. The van der Waals surface area contributed by atoms with Crippen molar-refractivity contribution in [2.24, 2.45) is 5.92 Å². The number of carbonyl (C=O) groups is 1. The van der Waals surface area contributed by atoms with Crippen LogP contribution in [0.4, 0.5) is 10.9 Å². The SMILES string of the molecule is O=C(Nc1nncs1)[C@@H]1CCCN(c2cnc3ccccc3n2)C1. The Morgan fingerprint density at radius 3 is 3.00 bits per heavy atom. The van der Waals surface area contributed by atoms with E-state index in [2.05, 4.69) is 30.4 Å². The second kappa shape index (κ2) is 6.48. The van der Waals surface area contributed by atoms with Gasteiger partial charge in [-0.1, -0.05) is 23.5 Å². The minimum atomic E-state index is -0.0871. The average Bonchev–Trinajstić information content (AvgIpc) is 3.14. The largest absolute Gasteiger partial charge is 0.355 e. The molecule has 1 atom stereocenters. The van der Waals surface area contributed by atoms with Crippen LogP contribution in [0.3, 0.4) is 0 Å². The lowest BCUT2D eigenvalue weighted by Crippen LogP contribution is -2.41. The lowest BCUT2D eigenvalue weighted by Gasteiger charge is -2.32. The molecule has 122 valence electrons. The second-order valence-corrected chi connectivity index (χ2v) is 6.57. The molecular weight excluding hydrogens is 324 g/mol. The summed E-state index contributed by atoms with van der Waals surface area (Å²) in [5, 5.41) is 11.0. The fraction of sp³-hybridized carbons (Fsp3) is 0.312. The number of carbonyl (C=O) groups excluding carboxylic acids is 1. The Labute approximate surface area is 142 Å². The molecule has 8 heteroatoms. The van der Waals surface area contributed by atoms with E-state index in [1.165, 1.54) is 11.3 Å². The molecule has 1 N–H and O–H groups in total. The number of benzene rings is 1. The number of hydrogen-bond donors (Lipinski definition) is 1. The van der Waals surface area contributed by atoms with E-state index in [-0.39, 0.29) is 11.8 Å². The molecule has 1 aliphatic rings. The summed E-state index contributed by atoms with van der Waals surface area (Å²) < 4.78 is 0. The van der Waals surface area contributed by atoms with Crippen molar-refractivity contribution in [1.82, 2.24) is 20.2 Å². The van der Waals surface area contributed by atoms with Gasteiger partial charge in [-0.2, -0.15) is 0 Å². The van der Waals surface area contributed by atoms with Crippen LogP contribution < -0.4 is 10.2 Å². The molecule has 0 spiro atoms. The molecule has 4 rings (SSSR count). The Balaban J connectivity index is 1.50. The molecule has 0 bridgehead atoms. The maximum absolute atomic E-state index is 12.4. The van der Waals surface area contributed by atoms with Crippen LogP contribution in [-0.2, 0) is 4.79 Å². The van der Waals surface area contributed by atoms with Crippen LogP contribution in [0.25, 0.3) is 11.0 Å². The maximum Gasteiger partial charge on any atom is 0.231 e. The molecule has 1 aliphatic heterocycles. The highest BCUT2D eigenvalue weighted by molar-refractivity contribution is 7.13. The van der Waals surface area contributed by atoms with Gasteiger partial charge in [0.25, 0.3) is 0 Å². The molecule has 0 aliphatic carbocycles. The van der Waals surface area contributed by atoms with Crippen molar-refractivity contribution in [2.75, 3.05) is 23.3 Å². The van der Waals surface area contributed by atoms with Crippen LogP contribution in [-0.4, -0.2) is 39.2 Å². The van der Waals surface area contributed by atoms with Crippen molar-refractivity contribution in [1.29, 1.82) is 0 Å². The van der Waals surface area contributed by atoms with Crippen molar-refractivity contribution in [3.8, 4) is 0 Å². The normalized spacial score (nSPS) is 17.8. The zero-order valence-electron chi connectivity index (χ0n) is 12.9. The number of aromatic nitrogens is 4. The zero-order valence-corrected chi connectivity index (χ0v) is 13.7. The van der Waals surface area contributed by atoms with Crippen molar-refractivity contribution in [2.45, 2.75) is 12.8 Å². The molecule has 24 heavy (non-hydrogen) atoms. The lowest BCUT2D eigenvalue weighted by atomic mass is 9.97. The third kappa shape index (κ3) is 3.05. The van der Waals surface area contributed by atoms with Crippen molar-refractivity contribution in [3.63, 3.8) is 0 Å². The van der Waals surface area contributed by atoms with E-state index in [0.29, 0.717) is 11.7 Å². The van der Waals surface area contributed by atoms with Gasteiger partial charge in [0.1, 0.15) is 11.3 Å². The van der Waals surface area contributed by atoms with Crippen LogP contribution in [0.15, 0.2) is 36.0 Å². The minimum absolute atomic E-state index is 0.00908. The maximum atomic E-state index is 12.4. The average molecular weight is 340 g/mol. The second-order valence-electron chi connectivity index (χ2n) is 5.74. The van der Waals surface area contributed by atoms with Crippen LogP contribution in [0, 0.1) is 5.92 Å². The highest BCUT2D eigenvalue weighted by atomic mass is 32.1. The molecule has 1 saturated heterocycles. The predicted molar refractivity (Wildman–Crippen MR) is 93.0 cm³/mol. The third-order valence-electron chi connectivity index (χ3n) is 4.14. The van der Waals surface area contributed by atoms with Crippen LogP contribution in [0.1, 0.15) is 12.8 Å². The Kier molecular flexibility index (Phi) is 4.04. The monoisotopic (exact) mass is 340 g/mol. The zero-order chi connectivity index (χ0) is 16.4. The van der Waals surface area contributed by atoms with Crippen molar-refractivity contribution in [3.05, 3.63) is 36.0 Å². The molecule has 1 amide bonds. The number of anilines is 2. The van der Waals surface area contributed by atoms with E-state index in [1.807, 2.05) is 24.3 Å². The van der Waals surface area contributed by atoms with Crippen molar-refractivity contribution >= 4 is 39.2 Å². The summed E-state index contributed by atoms with van der Waals surface area (Å²) in [6, 6.07) is 7.80. The first kappa shape index (κ1) is 14.9. The van der Waals surface area contributed by atoms with Gasteiger partial charge < -0.3 is 10.2 Å². The highest BCUT2D eigenvalue weighted by Gasteiger charge is 2.27. The molecule has 0 saturated carbocycles. The topological polar surface area (TPSA) is 83.9 Å². The van der Waals surface area contributed by atoms with E-state index in [9.17, 15) is 4.79 Å². The van der Waals surface area contributed by atoms with Crippen LogP contribution >= 0.6 is 11.3 Å². The summed E-state index contributed by atoms with van der Waals surface area (Å²) >= 11 is 1.32. The summed E-state index contributed by atoms with van der Waals surface area (Å²) in [4.78, 5) is 23.7. The molecule has 0 radical (unpaired) electrons. The summed E-state index contributed by atoms with van der Waals surface area (Å²) in [5.41, 5.74) is 3.35. The van der Waals surface area contributed by atoms with Gasteiger partial charge in [-0.15, -0.1) is 10.2 Å². The van der Waals surface area contributed by atoms with Crippen molar-refractivity contribution < 1.29 is 4.79 Å². The number of para-hydroxylation sites is 2. The molecule has 7 nitrogen and oxygen atoms in total. The van der Waals surface area contributed by atoms with Gasteiger partial charge in [-0.05, 0) is 25.0 Å². The number of rotatable bonds is 3. The number of amides is 1. The van der Waals surface area contributed by atoms with Gasteiger partial charge in [-0.3, -0.25) is 9.78 Å². The Morgan fingerprint density at radius 2 is 2.17 bits per heavy atom. The summed E-state index contributed by atoms with van der Waals surface area (Å²) in [5.74, 6) is 0.725. The van der Waals surface area contributed by atoms with Gasteiger partial charge in [0.05, 0.1) is 23.1 Å². The summed E-state index contributed by atoms with van der Waals surface area (Å²) in [7, 11) is 0. The molecule has 2 aromatic heterocycles. The van der Waals surface area contributed by atoms with E-state index < -0.39 is 0 Å². The number of piperidine rings is 1. The van der Waals surface area contributed by atoms with Crippen LogP contribution in [0.5, 0.6) is 0 Å². The van der Waals surface area contributed by atoms with Gasteiger partial charge in [-0.25, -0.2) is 4.98 Å². The fourth-order valence-electron chi connectivity index (χ4n) is 2.93. The number of nitrogens with one attached hydrogen (secondary N) is 1. The minimum Gasteiger partial charge on any atom is -0.355 e. The Hall–Kier alpha value is -2.61. The molecular formula is C16H16N6OS. The molecule has 0 unspecified atom stereocenters. The van der Waals surface area contributed by atoms with Gasteiger partial charge in [0, 0.05) is 13.1 Å². The van der Waals surface area contributed by atoms with E-state index >= 15 is 0 Å². The first-order valence-corrected chi connectivity index (χ1v) is 8.71. The van der Waals surface area contributed by atoms with Crippen LogP contribution in [0.2, 0.25) is 0 Å². The first-order valence-electron chi connectivity index (χ1n) is 7.83.